The van der Waals surface area contributed by atoms with Gasteiger partial charge in [0, 0.05) is 36.3 Å². The smallest absolute Gasteiger partial charge is 0.225 e. The number of rotatable bonds is 4. The second kappa shape index (κ2) is 9.15. The van der Waals surface area contributed by atoms with Crippen LogP contribution in [0.1, 0.15) is 56.8 Å². The highest BCUT2D eigenvalue weighted by Gasteiger charge is 2.35. The third-order valence-electron chi connectivity index (χ3n) is 7.61. The van der Waals surface area contributed by atoms with Gasteiger partial charge >= 0.3 is 0 Å². The van der Waals surface area contributed by atoms with E-state index in [1.807, 2.05) is 59.0 Å². The van der Waals surface area contributed by atoms with E-state index in [0.717, 1.165) is 76.9 Å². The Hall–Kier alpha value is -3.88. The van der Waals surface area contributed by atoms with Crippen LogP contribution in [0.2, 0.25) is 0 Å². The predicted octanol–water partition coefficient (Wildman–Crippen LogP) is 4.82. The summed E-state index contributed by atoms with van der Waals surface area (Å²) in [7, 11) is 0. The predicted molar refractivity (Wildman–Crippen MR) is 145 cm³/mol. The molecule has 1 N–H and O–H groups in total. The molecule has 1 saturated heterocycles. The summed E-state index contributed by atoms with van der Waals surface area (Å²) in [4.78, 5) is 24.7. The van der Waals surface area contributed by atoms with Crippen LogP contribution in [0.3, 0.4) is 0 Å². The van der Waals surface area contributed by atoms with Crippen molar-refractivity contribution in [3.8, 4) is 16.9 Å². The van der Waals surface area contributed by atoms with Crippen LogP contribution >= 0.6 is 0 Å². The van der Waals surface area contributed by atoms with Gasteiger partial charge in [0.05, 0.1) is 22.5 Å². The number of hydrogen-bond acceptors (Lipinski definition) is 7. The van der Waals surface area contributed by atoms with Crippen molar-refractivity contribution in [1.82, 2.24) is 25.0 Å². The molecular formula is C29H34N6O3. The summed E-state index contributed by atoms with van der Waals surface area (Å²) in [6, 6.07) is 10.2. The van der Waals surface area contributed by atoms with Crippen molar-refractivity contribution in [2.24, 2.45) is 5.41 Å². The van der Waals surface area contributed by atoms with Crippen LogP contribution in [0.25, 0.3) is 22.2 Å². The van der Waals surface area contributed by atoms with E-state index in [0.29, 0.717) is 6.61 Å². The summed E-state index contributed by atoms with van der Waals surface area (Å²) >= 11 is 0. The summed E-state index contributed by atoms with van der Waals surface area (Å²) in [6.45, 7) is 11.8. The molecule has 1 amide bonds. The summed E-state index contributed by atoms with van der Waals surface area (Å²) in [5, 5.41) is 7.41. The van der Waals surface area contributed by atoms with Crippen LogP contribution in [-0.4, -0.2) is 51.3 Å². The molecule has 1 aromatic carbocycles. The summed E-state index contributed by atoms with van der Waals surface area (Å²) < 4.78 is 14.3. The SMILES string of the molecule is Cc1noc(C)c1-c1ccc2nc(N3CCC(NC(=O)C(C)(C)C)CC3)n3c2c1OCC3c1ccccn1. The number of anilines is 1. The normalized spacial score (nSPS) is 18.0. The van der Waals surface area contributed by atoms with E-state index in [2.05, 4.69) is 37.1 Å². The van der Waals surface area contributed by atoms with Gasteiger partial charge in [-0.15, -0.1) is 0 Å². The molecule has 198 valence electrons. The van der Waals surface area contributed by atoms with Gasteiger partial charge in [0.15, 0.2) is 5.75 Å². The van der Waals surface area contributed by atoms with Crippen LogP contribution in [0.15, 0.2) is 41.1 Å². The Morgan fingerprint density at radius 1 is 1.11 bits per heavy atom. The lowest BCUT2D eigenvalue weighted by Crippen LogP contribution is -2.48. The number of amides is 1. The third-order valence-corrected chi connectivity index (χ3v) is 7.61. The van der Waals surface area contributed by atoms with Crippen molar-refractivity contribution in [3.63, 3.8) is 0 Å². The maximum absolute atomic E-state index is 12.6. The molecule has 3 aromatic heterocycles. The van der Waals surface area contributed by atoms with Gasteiger partial charge in [0.1, 0.15) is 23.9 Å². The zero-order valence-electron chi connectivity index (χ0n) is 22.6. The van der Waals surface area contributed by atoms with Gasteiger partial charge < -0.3 is 19.5 Å². The fraction of sp³-hybridized carbons (Fsp3) is 0.448. The van der Waals surface area contributed by atoms with Gasteiger partial charge in [-0.3, -0.25) is 14.3 Å². The molecule has 9 heteroatoms. The van der Waals surface area contributed by atoms with E-state index in [-0.39, 0.29) is 18.0 Å². The zero-order valence-corrected chi connectivity index (χ0v) is 22.6. The number of piperidine rings is 1. The standard InChI is InChI=1S/C29H34N6O3/c1-17-24(18(2)38-33-17)20-9-10-22-25-26(20)37-16-23(21-8-6-7-13-30-21)35(25)28(32-22)34-14-11-19(12-15-34)31-27(36)29(3,4)5/h6-10,13,19,23H,11-12,14-16H2,1-5H3,(H,31,36). The number of aryl methyl sites for hydroxylation is 2. The molecule has 0 aliphatic carbocycles. The lowest BCUT2D eigenvalue weighted by atomic mass is 9.94. The fourth-order valence-electron chi connectivity index (χ4n) is 5.53. The van der Waals surface area contributed by atoms with Gasteiger partial charge in [0.2, 0.25) is 11.9 Å². The highest BCUT2D eigenvalue weighted by Crippen LogP contribution is 2.46. The van der Waals surface area contributed by atoms with Gasteiger partial charge in [-0.1, -0.05) is 32.0 Å². The average Bonchev–Trinajstić information content (AvgIpc) is 3.46. The Balaban J connectivity index is 1.41. The molecule has 0 radical (unpaired) electrons. The highest BCUT2D eigenvalue weighted by molar-refractivity contribution is 5.94. The lowest BCUT2D eigenvalue weighted by molar-refractivity contribution is -0.129. The highest BCUT2D eigenvalue weighted by atomic mass is 16.5. The number of pyridine rings is 1. The van der Waals surface area contributed by atoms with Gasteiger partial charge in [-0.2, -0.15) is 0 Å². The first kappa shape index (κ1) is 24.5. The molecule has 9 nitrogen and oxygen atoms in total. The number of carbonyl (C=O) groups is 1. The van der Waals surface area contributed by atoms with E-state index in [1.54, 1.807) is 0 Å². The van der Waals surface area contributed by atoms with E-state index >= 15 is 0 Å². The number of carbonyl (C=O) groups excluding carboxylic acids is 1. The zero-order chi connectivity index (χ0) is 26.6. The molecule has 0 saturated carbocycles. The first-order valence-electron chi connectivity index (χ1n) is 13.3. The Bertz CT molecular complexity index is 1470. The molecule has 5 heterocycles. The first-order chi connectivity index (χ1) is 18.2. The second-order valence-corrected chi connectivity index (χ2v) is 11.4. The molecule has 0 bridgehead atoms. The van der Waals surface area contributed by atoms with Crippen LogP contribution in [0, 0.1) is 19.3 Å². The second-order valence-electron chi connectivity index (χ2n) is 11.4. The molecule has 1 atom stereocenters. The Morgan fingerprint density at radius 3 is 2.55 bits per heavy atom. The topological polar surface area (TPSA) is 98.3 Å². The maximum Gasteiger partial charge on any atom is 0.225 e. The molecule has 38 heavy (non-hydrogen) atoms. The summed E-state index contributed by atoms with van der Waals surface area (Å²) in [5.74, 6) is 2.58. The number of imidazole rings is 1. The van der Waals surface area contributed by atoms with E-state index < -0.39 is 5.41 Å². The van der Waals surface area contributed by atoms with Crippen LogP contribution in [0.5, 0.6) is 5.75 Å². The van der Waals surface area contributed by atoms with Crippen molar-refractivity contribution in [3.05, 3.63) is 53.7 Å². The summed E-state index contributed by atoms with van der Waals surface area (Å²) in [5.41, 5.74) is 5.14. The average molecular weight is 515 g/mol. The molecular weight excluding hydrogens is 480 g/mol. The number of benzene rings is 1. The fourth-order valence-corrected chi connectivity index (χ4v) is 5.53. The molecule has 2 aliphatic heterocycles. The minimum absolute atomic E-state index is 0.0986. The van der Waals surface area contributed by atoms with E-state index in [1.165, 1.54) is 0 Å². The van der Waals surface area contributed by atoms with Crippen molar-refractivity contribution in [1.29, 1.82) is 0 Å². The van der Waals surface area contributed by atoms with Crippen LogP contribution in [0.4, 0.5) is 5.95 Å². The molecule has 6 rings (SSSR count). The summed E-state index contributed by atoms with van der Waals surface area (Å²) in [6.07, 6.45) is 3.56. The molecule has 1 unspecified atom stereocenters. The third kappa shape index (κ3) is 4.10. The number of hydrogen-bond donors (Lipinski definition) is 1. The lowest BCUT2D eigenvalue weighted by Gasteiger charge is -2.36. The number of nitrogens with zero attached hydrogens (tertiary/aromatic N) is 5. The van der Waals surface area contributed by atoms with Gasteiger partial charge in [0.25, 0.3) is 0 Å². The van der Waals surface area contributed by atoms with Crippen molar-refractivity contribution < 1.29 is 14.1 Å². The molecule has 4 aromatic rings. The van der Waals surface area contributed by atoms with Gasteiger partial charge in [-0.25, -0.2) is 4.98 Å². The Kier molecular flexibility index (Phi) is 5.89. The van der Waals surface area contributed by atoms with E-state index in [4.69, 9.17) is 14.2 Å². The van der Waals surface area contributed by atoms with Crippen molar-refractivity contribution >= 4 is 22.9 Å². The number of aromatic nitrogens is 4. The minimum atomic E-state index is -0.395. The minimum Gasteiger partial charge on any atom is -0.488 e. The Morgan fingerprint density at radius 2 is 1.89 bits per heavy atom. The largest absolute Gasteiger partial charge is 0.488 e. The van der Waals surface area contributed by atoms with Crippen LogP contribution in [-0.2, 0) is 4.79 Å². The molecule has 1 fully saturated rings. The number of nitrogens with one attached hydrogen (secondary N) is 1. The van der Waals surface area contributed by atoms with E-state index in [9.17, 15) is 4.79 Å². The Labute approximate surface area is 222 Å². The number of ether oxygens (including phenoxy) is 1. The quantitative estimate of drug-likeness (QED) is 0.417. The van der Waals surface area contributed by atoms with Crippen LogP contribution < -0.4 is 15.0 Å². The monoisotopic (exact) mass is 514 g/mol. The van der Waals surface area contributed by atoms with Gasteiger partial charge in [-0.05, 0) is 51.0 Å². The van der Waals surface area contributed by atoms with Crippen molar-refractivity contribution in [2.45, 2.75) is 59.5 Å². The molecule has 2 aliphatic rings. The maximum atomic E-state index is 12.6. The van der Waals surface area contributed by atoms with Crippen molar-refractivity contribution in [2.75, 3.05) is 24.6 Å². The molecule has 0 spiro atoms. The first-order valence-corrected chi connectivity index (χ1v) is 13.3.